The highest BCUT2D eigenvalue weighted by Gasteiger charge is 2.53. The minimum absolute atomic E-state index is 0.167. The van der Waals surface area contributed by atoms with Crippen LogP contribution in [0.5, 0.6) is 0 Å². The molecule has 1 aliphatic carbocycles. The largest absolute Gasteiger partial charge is 0.293 e. The fourth-order valence-corrected chi connectivity index (χ4v) is 13.4. The molecule has 0 spiro atoms. The van der Waals surface area contributed by atoms with Crippen molar-refractivity contribution in [1.82, 2.24) is 0 Å². The van der Waals surface area contributed by atoms with E-state index in [0.29, 0.717) is 0 Å². The van der Waals surface area contributed by atoms with E-state index in [1.807, 2.05) is 30.3 Å². The number of hydrogen-bond donors (Lipinski definition) is 0. The molecular weight excluding hydrogens is 522 g/mol. The van der Waals surface area contributed by atoms with Crippen LogP contribution >= 0.6 is 15.8 Å². The van der Waals surface area contributed by atoms with E-state index in [2.05, 4.69) is 146 Å². The summed E-state index contributed by atoms with van der Waals surface area (Å²) in [4.78, 5) is 14.2. The van der Waals surface area contributed by atoms with E-state index < -0.39 is 20.7 Å². The lowest BCUT2D eigenvalue weighted by molar-refractivity contribution is 0.0943. The lowest BCUT2D eigenvalue weighted by Crippen LogP contribution is -2.46. The second kappa shape index (κ2) is 12.1. The van der Waals surface area contributed by atoms with Crippen LogP contribution in [0.1, 0.15) is 10.4 Å². The summed E-state index contributed by atoms with van der Waals surface area (Å²) in [5.41, 5.74) is 0.754. The Hall–Kier alpha value is -3.89. The van der Waals surface area contributed by atoms with Crippen molar-refractivity contribution in [2.24, 2.45) is 5.92 Å². The van der Waals surface area contributed by atoms with Gasteiger partial charge in [0.1, 0.15) is 0 Å². The molecular formula is C37H30OP2. The van der Waals surface area contributed by atoms with Gasteiger partial charge < -0.3 is 0 Å². The monoisotopic (exact) mass is 552 g/mol. The van der Waals surface area contributed by atoms with Gasteiger partial charge in [0, 0.05) is 5.56 Å². The molecule has 0 saturated carbocycles. The first kappa shape index (κ1) is 26.3. The third-order valence-corrected chi connectivity index (χ3v) is 14.1. The van der Waals surface area contributed by atoms with Gasteiger partial charge in [-0.05, 0) is 37.1 Å². The lowest BCUT2D eigenvalue weighted by Gasteiger charge is -2.50. The van der Waals surface area contributed by atoms with Crippen LogP contribution in [-0.2, 0) is 0 Å². The van der Waals surface area contributed by atoms with Gasteiger partial charge in [0.05, 0.1) is 10.8 Å². The number of benzene rings is 5. The smallest absolute Gasteiger partial charge is 0.171 e. The standard InChI is InChI=1S/C37H30OP2/c38-36(30-18-6-1-7-19-30)35-28-16-17-29-37(35,39(31-20-8-2-9-21-31)32-22-10-3-11-23-32)40(33-24-12-4-13-25-33)34-26-14-5-15-27-34/h1-29,35H. The van der Waals surface area contributed by atoms with Gasteiger partial charge in [-0.15, -0.1) is 0 Å². The van der Waals surface area contributed by atoms with Gasteiger partial charge in [0.2, 0.25) is 0 Å². The molecule has 194 valence electrons. The number of allylic oxidation sites excluding steroid dienone is 4. The van der Waals surface area contributed by atoms with E-state index in [1.54, 1.807) is 0 Å². The molecule has 3 heteroatoms. The average Bonchev–Trinajstić information content (AvgIpc) is 3.04. The number of ketones is 1. The topological polar surface area (TPSA) is 17.1 Å². The van der Waals surface area contributed by atoms with E-state index in [0.717, 1.165) is 5.56 Å². The molecule has 0 N–H and O–H groups in total. The van der Waals surface area contributed by atoms with Crippen molar-refractivity contribution in [1.29, 1.82) is 0 Å². The van der Waals surface area contributed by atoms with Crippen molar-refractivity contribution < 1.29 is 4.79 Å². The Morgan fingerprint density at radius 2 is 0.825 bits per heavy atom. The fourth-order valence-electron chi connectivity index (χ4n) is 5.64. The summed E-state index contributed by atoms with van der Waals surface area (Å²) in [6, 6.07) is 53.2. The molecule has 5 aromatic carbocycles. The van der Waals surface area contributed by atoms with Crippen LogP contribution in [0.2, 0.25) is 0 Å². The fraction of sp³-hybridized carbons (Fsp3) is 0.0541. The van der Waals surface area contributed by atoms with Crippen LogP contribution in [0.4, 0.5) is 0 Å². The van der Waals surface area contributed by atoms with E-state index in [-0.39, 0.29) is 11.7 Å². The third-order valence-electron chi connectivity index (χ3n) is 7.33. The quantitative estimate of drug-likeness (QED) is 0.143. The molecule has 0 heterocycles. The molecule has 0 saturated heterocycles. The normalized spacial score (nSPS) is 15.8. The lowest BCUT2D eigenvalue weighted by atomic mass is 9.90. The van der Waals surface area contributed by atoms with E-state index in [4.69, 9.17) is 0 Å². The molecule has 0 aromatic heterocycles. The maximum Gasteiger partial charge on any atom is 0.171 e. The van der Waals surface area contributed by atoms with Crippen molar-refractivity contribution in [2.75, 3.05) is 0 Å². The van der Waals surface area contributed by atoms with Crippen molar-refractivity contribution in [3.05, 3.63) is 182 Å². The molecule has 5 aromatic rings. The highest BCUT2D eigenvalue weighted by Crippen LogP contribution is 2.70. The molecule has 0 fully saturated rings. The van der Waals surface area contributed by atoms with Gasteiger partial charge in [0.25, 0.3) is 0 Å². The number of rotatable bonds is 8. The van der Waals surface area contributed by atoms with E-state index >= 15 is 0 Å². The zero-order valence-electron chi connectivity index (χ0n) is 22.1. The Balaban J connectivity index is 1.71. The maximum absolute atomic E-state index is 14.7. The highest BCUT2D eigenvalue weighted by molar-refractivity contribution is 7.91. The van der Waals surface area contributed by atoms with Crippen molar-refractivity contribution in [2.45, 2.75) is 4.90 Å². The minimum Gasteiger partial charge on any atom is -0.293 e. The molecule has 0 bridgehead atoms. The molecule has 0 radical (unpaired) electrons. The molecule has 0 aliphatic heterocycles. The number of Topliss-reactive ketones (excluding diaryl/α,β-unsaturated/α-hetero) is 1. The average molecular weight is 553 g/mol. The summed E-state index contributed by atoms with van der Waals surface area (Å²) >= 11 is 0. The first-order valence-corrected chi connectivity index (χ1v) is 16.2. The minimum atomic E-state index is -1.03. The molecule has 40 heavy (non-hydrogen) atoms. The van der Waals surface area contributed by atoms with Crippen molar-refractivity contribution in [3.63, 3.8) is 0 Å². The first-order chi connectivity index (χ1) is 19.8. The summed E-state index contributed by atoms with van der Waals surface area (Å²) in [6.07, 6.45) is 8.79. The number of carbonyl (C=O) groups is 1. The number of carbonyl (C=O) groups excluding carboxylic acids is 1. The predicted molar refractivity (Wildman–Crippen MR) is 173 cm³/mol. The van der Waals surface area contributed by atoms with Crippen LogP contribution in [0.15, 0.2) is 176 Å². The second-order valence-corrected chi connectivity index (χ2v) is 15.0. The summed E-state index contributed by atoms with van der Waals surface area (Å²) in [5, 5.41) is 5.09. The summed E-state index contributed by atoms with van der Waals surface area (Å²) in [5.74, 6) is -0.183. The Bertz CT molecular complexity index is 1440. The van der Waals surface area contributed by atoms with Crippen LogP contribution in [0, 0.1) is 5.92 Å². The molecule has 1 unspecified atom stereocenters. The number of hydrogen-bond acceptors (Lipinski definition) is 1. The molecule has 0 amide bonds. The summed E-state index contributed by atoms with van der Waals surface area (Å²) in [7, 11) is -2.06. The van der Waals surface area contributed by atoms with E-state index in [9.17, 15) is 4.79 Å². The zero-order chi connectivity index (χ0) is 27.2. The Morgan fingerprint density at radius 3 is 1.20 bits per heavy atom. The SMILES string of the molecule is O=C(c1ccccc1)C1C=CC=CC1(P(c1ccccc1)c1ccccc1)P(c1ccccc1)c1ccccc1. The van der Waals surface area contributed by atoms with Gasteiger partial charge in [0.15, 0.2) is 5.78 Å². The second-order valence-electron chi connectivity index (χ2n) is 9.75. The summed E-state index contributed by atoms with van der Waals surface area (Å²) in [6.45, 7) is 0. The molecule has 1 aliphatic rings. The van der Waals surface area contributed by atoms with Gasteiger partial charge >= 0.3 is 0 Å². The van der Waals surface area contributed by atoms with Gasteiger partial charge in [-0.1, -0.05) is 176 Å². The first-order valence-electron chi connectivity index (χ1n) is 13.5. The molecule has 1 atom stereocenters. The van der Waals surface area contributed by atoms with Crippen molar-refractivity contribution in [3.8, 4) is 0 Å². The highest BCUT2D eigenvalue weighted by atomic mass is 31.2. The third kappa shape index (κ3) is 5.04. The summed E-state index contributed by atoms with van der Waals surface area (Å²) < 4.78 is 0. The van der Waals surface area contributed by atoms with Crippen LogP contribution < -0.4 is 21.2 Å². The van der Waals surface area contributed by atoms with Gasteiger partial charge in [-0.3, -0.25) is 4.79 Å². The Morgan fingerprint density at radius 1 is 0.475 bits per heavy atom. The van der Waals surface area contributed by atoms with Gasteiger partial charge in [-0.2, -0.15) is 0 Å². The van der Waals surface area contributed by atoms with Crippen LogP contribution in [-0.4, -0.2) is 10.7 Å². The van der Waals surface area contributed by atoms with Crippen LogP contribution in [0.25, 0.3) is 0 Å². The van der Waals surface area contributed by atoms with Gasteiger partial charge in [-0.25, -0.2) is 0 Å². The van der Waals surface area contributed by atoms with E-state index in [1.165, 1.54) is 21.2 Å². The molecule has 6 rings (SSSR count). The van der Waals surface area contributed by atoms with Crippen LogP contribution in [0.3, 0.4) is 0 Å². The Kier molecular flexibility index (Phi) is 7.97. The maximum atomic E-state index is 14.7. The predicted octanol–water partition coefficient (Wildman–Crippen LogP) is 7.57. The van der Waals surface area contributed by atoms with Crippen molar-refractivity contribution >= 4 is 42.8 Å². The zero-order valence-corrected chi connectivity index (χ0v) is 23.9. The Labute approximate surface area is 239 Å². The molecule has 1 nitrogen and oxygen atoms in total.